The molecule has 6 nitrogen and oxygen atoms in total. The van der Waals surface area contributed by atoms with E-state index in [1.807, 2.05) is 31.2 Å². The van der Waals surface area contributed by atoms with Crippen molar-refractivity contribution in [2.24, 2.45) is 0 Å². The number of amides is 1. The van der Waals surface area contributed by atoms with Gasteiger partial charge in [-0.1, -0.05) is 41.0 Å². The van der Waals surface area contributed by atoms with Crippen molar-refractivity contribution >= 4 is 17.5 Å². The lowest BCUT2D eigenvalue weighted by Crippen LogP contribution is -2.48. The van der Waals surface area contributed by atoms with Crippen molar-refractivity contribution < 1.29 is 18.4 Å². The number of ether oxygens (including phenoxy) is 1. The monoisotopic (exact) mass is 457 g/mol. The van der Waals surface area contributed by atoms with Gasteiger partial charge in [-0.25, -0.2) is 4.39 Å². The number of carbonyl (C=O) groups excluding carboxylic acids is 1. The summed E-state index contributed by atoms with van der Waals surface area (Å²) in [4.78, 5) is 17.0. The number of halogens is 2. The number of hydrogen-bond donors (Lipinski definition) is 0. The topological polar surface area (TPSA) is 58.8 Å². The van der Waals surface area contributed by atoms with Gasteiger partial charge in [0.2, 0.25) is 0 Å². The highest BCUT2D eigenvalue weighted by Gasteiger charge is 2.28. The molecule has 0 aliphatic carbocycles. The van der Waals surface area contributed by atoms with E-state index in [1.165, 1.54) is 6.07 Å². The van der Waals surface area contributed by atoms with Crippen LogP contribution < -0.4 is 4.74 Å². The molecule has 0 saturated carbocycles. The average Bonchev–Trinajstić information content (AvgIpc) is 3.16. The van der Waals surface area contributed by atoms with Gasteiger partial charge >= 0.3 is 0 Å². The largest absolute Gasteiger partial charge is 0.488 e. The minimum absolute atomic E-state index is 0.186. The van der Waals surface area contributed by atoms with Gasteiger partial charge in [-0.2, -0.15) is 0 Å². The minimum atomic E-state index is -0.313. The molecule has 0 atom stereocenters. The molecule has 0 radical (unpaired) electrons. The maximum absolute atomic E-state index is 14.1. The van der Waals surface area contributed by atoms with Gasteiger partial charge in [-0.15, -0.1) is 0 Å². The summed E-state index contributed by atoms with van der Waals surface area (Å²) >= 11 is 6.15. The summed E-state index contributed by atoms with van der Waals surface area (Å²) in [6, 6.07) is 12.4. The van der Waals surface area contributed by atoms with Crippen LogP contribution in [0.3, 0.4) is 0 Å². The molecular formula is C24H25ClFN3O3. The zero-order valence-electron chi connectivity index (χ0n) is 18.1. The van der Waals surface area contributed by atoms with Gasteiger partial charge in [0, 0.05) is 43.3 Å². The van der Waals surface area contributed by atoms with E-state index in [4.69, 9.17) is 20.9 Å². The predicted octanol–water partition coefficient (Wildman–Crippen LogP) is 4.62. The number of para-hydroxylation sites is 1. The second-order valence-electron chi connectivity index (χ2n) is 7.89. The Morgan fingerprint density at radius 2 is 1.84 bits per heavy atom. The van der Waals surface area contributed by atoms with E-state index in [9.17, 15) is 9.18 Å². The molecule has 168 valence electrons. The highest BCUT2D eigenvalue weighted by atomic mass is 35.5. The first-order valence-corrected chi connectivity index (χ1v) is 10.9. The van der Waals surface area contributed by atoms with Gasteiger partial charge in [-0.3, -0.25) is 9.69 Å². The number of aryl methyl sites for hydroxylation is 2. The summed E-state index contributed by atoms with van der Waals surface area (Å²) in [6.45, 7) is 6.60. The maximum atomic E-state index is 14.1. The summed E-state index contributed by atoms with van der Waals surface area (Å²) < 4.78 is 25.3. The Kier molecular flexibility index (Phi) is 6.77. The zero-order valence-corrected chi connectivity index (χ0v) is 18.9. The van der Waals surface area contributed by atoms with E-state index in [0.717, 1.165) is 11.3 Å². The highest BCUT2D eigenvalue weighted by Crippen LogP contribution is 2.24. The molecule has 2 aromatic carbocycles. The summed E-state index contributed by atoms with van der Waals surface area (Å²) in [5.41, 5.74) is 2.43. The molecule has 0 spiro atoms. The first-order chi connectivity index (χ1) is 15.4. The molecule has 1 fully saturated rings. The number of hydrogen-bond acceptors (Lipinski definition) is 5. The van der Waals surface area contributed by atoms with E-state index in [2.05, 4.69) is 10.1 Å². The number of piperazine rings is 1. The van der Waals surface area contributed by atoms with Gasteiger partial charge in [-0.05, 0) is 37.6 Å². The van der Waals surface area contributed by atoms with Gasteiger partial charge < -0.3 is 14.2 Å². The van der Waals surface area contributed by atoms with Crippen LogP contribution >= 0.6 is 11.6 Å². The van der Waals surface area contributed by atoms with Crippen LogP contribution in [-0.4, -0.2) is 47.0 Å². The third-order valence-electron chi connectivity index (χ3n) is 5.76. The SMILES string of the molecule is Cc1ccccc1OCc1c(C(=O)N2CCN(Cc3c(F)cccc3Cl)CC2)noc1C. The summed E-state index contributed by atoms with van der Waals surface area (Å²) in [6.07, 6.45) is 0. The van der Waals surface area contributed by atoms with Crippen molar-refractivity contribution in [3.63, 3.8) is 0 Å². The quantitative estimate of drug-likeness (QED) is 0.540. The van der Waals surface area contributed by atoms with E-state index in [-0.39, 0.29) is 24.0 Å². The van der Waals surface area contributed by atoms with Crippen LogP contribution in [0.15, 0.2) is 47.0 Å². The Morgan fingerprint density at radius 3 is 2.56 bits per heavy atom. The van der Waals surface area contributed by atoms with Crippen LogP contribution in [0.2, 0.25) is 5.02 Å². The molecule has 4 rings (SSSR count). The Hall–Kier alpha value is -2.90. The summed E-state index contributed by atoms with van der Waals surface area (Å²) in [7, 11) is 0. The lowest BCUT2D eigenvalue weighted by molar-refractivity contribution is 0.0615. The van der Waals surface area contributed by atoms with Crippen molar-refractivity contribution in [1.82, 2.24) is 15.0 Å². The number of benzene rings is 2. The first-order valence-electron chi connectivity index (χ1n) is 10.5. The molecule has 1 aliphatic heterocycles. The fourth-order valence-electron chi connectivity index (χ4n) is 3.76. The van der Waals surface area contributed by atoms with Crippen molar-refractivity contribution in [3.05, 3.63) is 81.4 Å². The molecule has 0 N–H and O–H groups in total. The van der Waals surface area contributed by atoms with E-state index >= 15 is 0 Å². The van der Waals surface area contributed by atoms with E-state index in [0.29, 0.717) is 54.6 Å². The standard InChI is InChI=1S/C24H25ClFN3O3/c1-16-6-3-4-9-22(16)31-15-19-17(2)32-27-23(19)24(30)29-12-10-28(11-13-29)14-18-20(25)7-5-8-21(18)26/h3-9H,10-15H2,1-2H3. The van der Waals surface area contributed by atoms with Gasteiger partial charge in [0.1, 0.15) is 23.9 Å². The second kappa shape index (κ2) is 9.71. The Bertz CT molecular complexity index is 1090. The Morgan fingerprint density at radius 1 is 1.09 bits per heavy atom. The number of nitrogens with zero attached hydrogens (tertiary/aromatic N) is 3. The van der Waals surface area contributed by atoms with Crippen LogP contribution in [0.5, 0.6) is 5.75 Å². The number of aromatic nitrogens is 1. The summed E-state index contributed by atoms with van der Waals surface area (Å²) in [5.74, 6) is 0.822. The molecule has 0 bridgehead atoms. The minimum Gasteiger partial charge on any atom is -0.488 e. The molecule has 8 heteroatoms. The smallest absolute Gasteiger partial charge is 0.276 e. The van der Waals surface area contributed by atoms with Crippen LogP contribution in [0.1, 0.15) is 32.9 Å². The van der Waals surface area contributed by atoms with Crippen LogP contribution in [0, 0.1) is 19.7 Å². The molecule has 1 aromatic heterocycles. The molecule has 2 heterocycles. The zero-order chi connectivity index (χ0) is 22.7. The molecule has 3 aromatic rings. The third kappa shape index (κ3) is 4.79. The third-order valence-corrected chi connectivity index (χ3v) is 6.11. The van der Waals surface area contributed by atoms with Crippen molar-refractivity contribution in [2.75, 3.05) is 26.2 Å². The highest BCUT2D eigenvalue weighted by molar-refractivity contribution is 6.31. The molecule has 32 heavy (non-hydrogen) atoms. The molecule has 0 unspecified atom stereocenters. The van der Waals surface area contributed by atoms with Gasteiger partial charge in [0.25, 0.3) is 5.91 Å². The fourth-order valence-corrected chi connectivity index (χ4v) is 3.99. The lowest BCUT2D eigenvalue weighted by Gasteiger charge is -2.34. The van der Waals surface area contributed by atoms with Crippen molar-refractivity contribution in [3.8, 4) is 5.75 Å². The first kappa shape index (κ1) is 22.3. The number of carbonyl (C=O) groups is 1. The molecule has 1 amide bonds. The lowest BCUT2D eigenvalue weighted by atomic mass is 10.1. The maximum Gasteiger partial charge on any atom is 0.276 e. The van der Waals surface area contributed by atoms with Crippen LogP contribution in [0.4, 0.5) is 4.39 Å². The van der Waals surface area contributed by atoms with E-state index in [1.54, 1.807) is 24.0 Å². The predicted molar refractivity (Wildman–Crippen MR) is 119 cm³/mol. The van der Waals surface area contributed by atoms with Gasteiger partial charge in [0.15, 0.2) is 5.69 Å². The van der Waals surface area contributed by atoms with Crippen LogP contribution in [0.25, 0.3) is 0 Å². The number of rotatable bonds is 6. The second-order valence-corrected chi connectivity index (χ2v) is 8.30. The van der Waals surface area contributed by atoms with E-state index < -0.39 is 0 Å². The molecular weight excluding hydrogens is 433 g/mol. The average molecular weight is 458 g/mol. The Balaban J connectivity index is 1.39. The molecule has 1 saturated heterocycles. The van der Waals surface area contributed by atoms with Gasteiger partial charge in [0.05, 0.1) is 5.56 Å². The van der Waals surface area contributed by atoms with Crippen molar-refractivity contribution in [2.45, 2.75) is 27.0 Å². The van der Waals surface area contributed by atoms with Crippen molar-refractivity contribution in [1.29, 1.82) is 0 Å². The fraction of sp³-hybridized carbons (Fsp3) is 0.333. The summed E-state index contributed by atoms with van der Waals surface area (Å²) in [5, 5.41) is 4.43. The normalized spacial score (nSPS) is 14.6. The molecule has 1 aliphatic rings. The Labute approximate surface area is 191 Å². The van der Waals surface area contributed by atoms with Crippen LogP contribution in [-0.2, 0) is 13.2 Å².